The monoisotopic (exact) mass is 968 g/mol. The molecule has 3 fully saturated rings. The van der Waals surface area contributed by atoms with Crippen LogP contribution >= 0.6 is 0 Å². The van der Waals surface area contributed by atoms with Crippen molar-refractivity contribution in [3.8, 4) is 22.5 Å². The van der Waals surface area contributed by atoms with Gasteiger partial charge in [-0.25, -0.2) is 19.6 Å². The van der Waals surface area contributed by atoms with Gasteiger partial charge in [0.05, 0.1) is 62.2 Å². The van der Waals surface area contributed by atoms with E-state index in [0.717, 1.165) is 72.7 Å². The molecule has 3 aliphatic heterocycles. The average Bonchev–Trinajstić information content (AvgIpc) is 4.22. The molecule has 71 heavy (non-hydrogen) atoms. The highest BCUT2D eigenvalue weighted by atomic mass is 16.5. The molecule has 6 atom stereocenters. The number of rotatable bonds is 13. The topological polar surface area (TPSA) is 160 Å². The summed E-state index contributed by atoms with van der Waals surface area (Å²) in [6.45, 7) is 15.7. The number of likely N-dealkylation sites (N-methyl/N-ethyl adjacent to an activating group) is 2. The summed E-state index contributed by atoms with van der Waals surface area (Å²) in [5, 5.41) is 0. The molecular formula is C56H73N9O6. The Morgan fingerprint density at radius 3 is 1.34 bits per heavy atom. The largest absolute Gasteiger partial charge is 0.453 e. The molecule has 4 amide bonds. The van der Waals surface area contributed by atoms with Crippen LogP contribution in [0.15, 0.2) is 85.2 Å². The molecule has 15 heteroatoms. The molecule has 5 aromatic rings. The number of aromatic nitrogens is 4. The van der Waals surface area contributed by atoms with Crippen LogP contribution in [-0.2, 0) is 24.5 Å². The van der Waals surface area contributed by atoms with E-state index in [1.165, 1.54) is 46.4 Å². The van der Waals surface area contributed by atoms with Crippen molar-refractivity contribution in [3.63, 3.8) is 0 Å². The van der Waals surface area contributed by atoms with Crippen molar-refractivity contribution in [1.29, 1.82) is 0 Å². The summed E-state index contributed by atoms with van der Waals surface area (Å²) < 4.78 is 9.92. The Hall–Kier alpha value is -6.64. The molecule has 6 unspecified atom stereocenters. The minimum atomic E-state index is -0.644. The van der Waals surface area contributed by atoms with Gasteiger partial charge < -0.3 is 34.1 Å². The second-order valence-electron chi connectivity index (χ2n) is 21.3. The first-order valence-corrected chi connectivity index (χ1v) is 25.3. The van der Waals surface area contributed by atoms with Gasteiger partial charge in [0.15, 0.2) is 0 Å². The lowest BCUT2D eigenvalue weighted by atomic mass is 9.87. The number of nitrogens with one attached hydrogen (secondary N) is 2. The van der Waals surface area contributed by atoms with E-state index in [2.05, 4.69) is 108 Å². The Morgan fingerprint density at radius 2 is 0.986 bits per heavy atom. The van der Waals surface area contributed by atoms with Gasteiger partial charge in [-0.15, -0.1) is 0 Å². The zero-order valence-electron chi connectivity index (χ0n) is 43.4. The van der Waals surface area contributed by atoms with E-state index in [1.807, 2.05) is 49.9 Å². The Balaban J connectivity index is 1.01. The number of H-pyrrole nitrogens is 2. The van der Waals surface area contributed by atoms with Crippen molar-refractivity contribution in [2.24, 2.45) is 11.8 Å². The molecule has 15 nitrogen and oxygen atoms in total. The van der Waals surface area contributed by atoms with Crippen molar-refractivity contribution in [3.05, 3.63) is 114 Å². The first-order chi connectivity index (χ1) is 33.9. The van der Waals surface area contributed by atoms with Gasteiger partial charge >= 0.3 is 12.2 Å². The normalized spacial score (nSPS) is 20.2. The second-order valence-corrected chi connectivity index (χ2v) is 21.3. The van der Waals surface area contributed by atoms with Gasteiger partial charge in [-0.05, 0) is 95.7 Å². The van der Waals surface area contributed by atoms with E-state index in [0.29, 0.717) is 13.1 Å². The molecule has 3 aromatic carbocycles. The number of benzene rings is 3. The number of imidazole rings is 2. The number of hydrogen-bond acceptors (Lipinski definition) is 9. The maximum atomic E-state index is 14.0. The Bertz CT molecular complexity index is 2500. The molecule has 0 radical (unpaired) electrons. The number of amides is 4. The molecule has 3 aliphatic rings. The Kier molecular flexibility index (Phi) is 15.0. The minimum absolute atomic E-state index is 0.0275. The predicted octanol–water partition coefficient (Wildman–Crippen LogP) is 10.6. The van der Waals surface area contributed by atoms with Gasteiger partial charge in [0.25, 0.3) is 0 Å². The number of carbonyl (C=O) groups is 4. The first kappa shape index (κ1) is 50.7. The van der Waals surface area contributed by atoms with Crippen LogP contribution in [0.25, 0.3) is 22.5 Å². The van der Waals surface area contributed by atoms with Gasteiger partial charge in [0.1, 0.15) is 23.7 Å². The maximum absolute atomic E-state index is 14.0. The van der Waals surface area contributed by atoms with Crippen molar-refractivity contribution in [1.82, 2.24) is 39.5 Å². The summed E-state index contributed by atoms with van der Waals surface area (Å²) in [5.41, 5.74) is 8.76. The van der Waals surface area contributed by atoms with E-state index in [9.17, 15) is 19.2 Å². The van der Waals surface area contributed by atoms with Gasteiger partial charge in [-0.1, -0.05) is 109 Å². The fourth-order valence-corrected chi connectivity index (χ4v) is 11.3. The van der Waals surface area contributed by atoms with Gasteiger partial charge in [-0.2, -0.15) is 0 Å². The molecule has 378 valence electrons. The van der Waals surface area contributed by atoms with Crippen molar-refractivity contribution in [2.75, 3.05) is 46.3 Å². The maximum Gasteiger partial charge on any atom is 0.409 e. The molecule has 2 N–H and O–H groups in total. The SMILES string of the molecule is COC(=O)N(C)C(C(=O)N1CCCC1c1ncc(-c2ccc(C3CCC(c4ccc(-c5cnc(C6CCCN6C(=O)C(C(C)C)N(C)C(=O)OC)[nH]5)cc4)N3c3ccc(C(C)(C)C)cc3)cc2)[nH]1)C(C)C. The zero-order chi connectivity index (χ0) is 50.9. The number of ether oxygens (including phenoxy) is 2. The smallest absolute Gasteiger partial charge is 0.409 e. The third-order valence-corrected chi connectivity index (χ3v) is 15.1. The molecule has 0 spiro atoms. The van der Waals surface area contributed by atoms with Crippen LogP contribution in [0.2, 0.25) is 0 Å². The van der Waals surface area contributed by atoms with Crippen molar-refractivity contribution < 1.29 is 28.7 Å². The molecule has 2 aromatic heterocycles. The highest BCUT2D eigenvalue weighted by Gasteiger charge is 2.42. The molecule has 0 aliphatic carbocycles. The number of anilines is 1. The standard InChI is InChI=1S/C56H73N9O6/c1-34(2)48(61(8)54(68)70-10)52(66)63-30-12-14-46(63)50-57-32-42(59-50)36-16-20-38(21-17-36)44-28-29-45(65(44)41-26-24-40(25-27-41)56(5,6)7)39-22-18-37(19-23-39)43-33-58-51(60-43)47-15-13-31-64(47)53(67)49(35(3)4)62(9)55(69)71-11/h16-27,32-35,44-49H,12-15,28-31H2,1-11H3,(H,57,59)(H,58,60). The quantitative estimate of drug-likeness (QED) is 0.117. The lowest BCUT2D eigenvalue weighted by molar-refractivity contribution is -0.139. The third kappa shape index (κ3) is 10.3. The molecule has 8 rings (SSSR count). The zero-order valence-corrected chi connectivity index (χ0v) is 43.4. The van der Waals surface area contributed by atoms with Gasteiger partial charge in [0, 0.05) is 32.9 Å². The summed E-state index contributed by atoms with van der Waals surface area (Å²) in [5.74, 6) is 1.10. The van der Waals surface area contributed by atoms with E-state index in [4.69, 9.17) is 19.4 Å². The second kappa shape index (κ2) is 21.0. The summed E-state index contributed by atoms with van der Waals surface area (Å²) in [6.07, 6.45) is 7.87. The molecule has 0 saturated carbocycles. The van der Waals surface area contributed by atoms with Crippen LogP contribution in [0.4, 0.5) is 15.3 Å². The summed E-state index contributed by atoms with van der Waals surface area (Å²) in [6, 6.07) is 25.2. The third-order valence-electron chi connectivity index (χ3n) is 15.1. The number of likely N-dealkylation sites (tertiary alicyclic amines) is 2. The first-order valence-electron chi connectivity index (χ1n) is 25.3. The molecule has 3 saturated heterocycles. The van der Waals surface area contributed by atoms with E-state index in [1.54, 1.807) is 14.1 Å². The summed E-state index contributed by atoms with van der Waals surface area (Å²) in [7, 11) is 5.90. The Labute approximate surface area is 419 Å². The number of hydrogen-bond donors (Lipinski definition) is 2. The minimum Gasteiger partial charge on any atom is -0.453 e. The highest BCUT2D eigenvalue weighted by molar-refractivity contribution is 5.87. The summed E-state index contributed by atoms with van der Waals surface area (Å²) in [4.78, 5) is 78.8. The number of aromatic amines is 2. The van der Waals surface area contributed by atoms with Gasteiger partial charge in [-0.3, -0.25) is 19.4 Å². The van der Waals surface area contributed by atoms with E-state index >= 15 is 0 Å². The highest BCUT2D eigenvalue weighted by Crippen LogP contribution is 2.48. The number of nitrogens with zero attached hydrogens (tertiary/aromatic N) is 7. The Morgan fingerprint density at radius 1 is 0.592 bits per heavy atom. The number of carbonyl (C=O) groups excluding carboxylic acids is 4. The molecule has 0 bridgehead atoms. The van der Waals surface area contributed by atoms with Gasteiger partial charge in [0.2, 0.25) is 11.8 Å². The molecular weight excluding hydrogens is 895 g/mol. The predicted molar refractivity (Wildman–Crippen MR) is 275 cm³/mol. The van der Waals surface area contributed by atoms with Crippen LogP contribution in [-0.4, -0.2) is 117 Å². The van der Waals surface area contributed by atoms with Crippen molar-refractivity contribution >= 4 is 29.7 Å². The fraction of sp³-hybridized carbons (Fsp3) is 0.500. The van der Waals surface area contributed by atoms with Crippen LogP contribution < -0.4 is 4.90 Å². The number of methoxy groups -OCH3 is 2. The van der Waals surface area contributed by atoms with Crippen LogP contribution in [0.1, 0.15) is 139 Å². The average molecular weight is 968 g/mol. The van der Waals surface area contributed by atoms with E-state index < -0.39 is 24.3 Å². The summed E-state index contributed by atoms with van der Waals surface area (Å²) >= 11 is 0. The lowest BCUT2D eigenvalue weighted by Gasteiger charge is -2.34. The van der Waals surface area contributed by atoms with Crippen molar-refractivity contribution in [2.45, 2.75) is 129 Å². The van der Waals surface area contributed by atoms with Crippen LogP contribution in [0.3, 0.4) is 0 Å². The van der Waals surface area contributed by atoms with Crippen LogP contribution in [0.5, 0.6) is 0 Å². The fourth-order valence-electron chi connectivity index (χ4n) is 11.3. The van der Waals surface area contributed by atoms with E-state index in [-0.39, 0.29) is 53.2 Å². The van der Waals surface area contributed by atoms with Crippen LogP contribution in [0, 0.1) is 11.8 Å². The molecule has 5 heterocycles. The lowest BCUT2D eigenvalue weighted by Crippen LogP contribution is -2.51.